The largest absolute Gasteiger partial charge is 0.481 e. The number of aryl methyl sites for hydroxylation is 1. The Bertz CT molecular complexity index is 536. The summed E-state index contributed by atoms with van der Waals surface area (Å²) in [6.07, 6.45) is 1.88. The van der Waals surface area contributed by atoms with Gasteiger partial charge in [-0.2, -0.15) is 0 Å². The summed E-state index contributed by atoms with van der Waals surface area (Å²) >= 11 is 5.86. The summed E-state index contributed by atoms with van der Waals surface area (Å²) in [4.78, 5) is 14.6. The Kier molecular flexibility index (Phi) is 3.44. The molecular weight excluding hydrogens is 242 g/mol. The molecule has 5 heteroatoms. The van der Waals surface area contributed by atoms with E-state index in [2.05, 4.69) is 4.98 Å². The van der Waals surface area contributed by atoms with Crippen molar-refractivity contribution < 1.29 is 14.3 Å². The van der Waals surface area contributed by atoms with Crippen LogP contribution in [-0.4, -0.2) is 16.1 Å². The predicted molar refractivity (Wildman–Crippen MR) is 62.9 cm³/mol. The molecule has 0 fully saturated rings. The summed E-state index contributed by atoms with van der Waals surface area (Å²) in [5.41, 5.74) is 1.40. The van der Waals surface area contributed by atoms with E-state index in [0.717, 1.165) is 5.56 Å². The Morgan fingerprint density at radius 1 is 1.47 bits per heavy atom. The lowest BCUT2D eigenvalue weighted by Crippen LogP contribution is -1.97. The molecule has 1 heterocycles. The first-order valence-corrected chi connectivity index (χ1v) is 5.45. The molecule has 17 heavy (non-hydrogen) atoms. The monoisotopic (exact) mass is 251 g/mol. The van der Waals surface area contributed by atoms with Gasteiger partial charge >= 0.3 is 5.97 Å². The van der Waals surface area contributed by atoms with Gasteiger partial charge in [0.25, 0.3) is 0 Å². The Balaban J connectivity index is 2.15. The second kappa shape index (κ2) is 5.01. The Hall–Kier alpha value is -1.81. The van der Waals surface area contributed by atoms with Gasteiger partial charge in [-0.3, -0.25) is 4.79 Å². The molecule has 0 atom stereocenters. The molecule has 0 saturated heterocycles. The summed E-state index contributed by atoms with van der Waals surface area (Å²) < 4.78 is 5.28. The molecule has 88 valence electrons. The molecule has 2 rings (SSSR count). The molecule has 2 aromatic rings. The van der Waals surface area contributed by atoms with Crippen molar-refractivity contribution >= 4 is 17.6 Å². The van der Waals surface area contributed by atoms with Crippen LogP contribution in [0.2, 0.25) is 5.02 Å². The number of oxazole rings is 1. The molecule has 0 aliphatic heterocycles. The minimum Gasteiger partial charge on any atom is -0.481 e. The Labute approximate surface area is 103 Å². The van der Waals surface area contributed by atoms with Gasteiger partial charge in [0, 0.05) is 17.0 Å². The van der Waals surface area contributed by atoms with Gasteiger partial charge in [0.05, 0.1) is 12.1 Å². The molecule has 1 aromatic carbocycles. The maximum atomic E-state index is 10.4. The predicted octanol–water partition coefficient (Wildman–Crippen LogP) is 3.01. The lowest BCUT2D eigenvalue weighted by Gasteiger charge is -1.95. The number of carboxylic acids is 1. The number of halogens is 1. The lowest BCUT2D eigenvalue weighted by molar-refractivity contribution is -0.136. The first kappa shape index (κ1) is 11.7. The van der Waals surface area contributed by atoms with Crippen LogP contribution >= 0.6 is 11.6 Å². The van der Waals surface area contributed by atoms with Crippen molar-refractivity contribution in [2.75, 3.05) is 0 Å². The molecule has 0 radical (unpaired) electrons. The van der Waals surface area contributed by atoms with Crippen LogP contribution < -0.4 is 0 Å². The van der Waals surface area contributed by atoms with Crippen LogP contribution in [0.1, 0.15) is 12.1 Å². The number of carboxylic acid groups (broad SMARTS) is 1. The summed E-state index contributed by atoms with van der Waals surface area (Å²) in [5, 5.41) is 9.16. The normalized spacial score (nSPS) is 10.4. The van der Waals surface area contributed by atoms with E-state index in [1.54, 1.807) is 18.2 Å². The van der Waals surface area contributed by atoms with Gasteiger partial charge in [-0.15, -0.1) is 0 Å². The minimum atomic E-state index is -0.850. The summed E-state index contributed by atoms with van der Waals surface area (Å²) in [7, 11) is 0. The Morgan fingerprint density at radius 3 is 3.00 bits per heavy atom. The molecule has 4 nitrogen and oxygen atoms in total. The average Bonchev–Trinajstić information content (AvgIpc) is 2.75. The van der Waals surface area contributed by atoms with E-state index in [1.165, 1.54) is 6.26 Å². The zero-order chi connectivity index (χ0) is 12.3. The van der Waals surface area contributed by atoms with Crippen LogP contribution in [0, 0.1) is 0 Å². The number of aromatic nitrogens is 1. The quantitative estimate of drug-likeness (QED) is 0.907. The number of aliphatic carboxylic acids is 1. The van der Waals surface area contributed by atoms with Crippen LogP contribution in [0.4, 0.5) is 0 Å². The van der Waals surface area contributed by atoms with Crippen molar-refractivity contribution in [2.45, 2.75) is 12.8 Å². The van der Waals surface area contributed by atoms with Crippen LogP contribution in [0.15, 0.2) is 34.9 Å². The maximum Gasteiger partial charge on any atom is 0.303 e. The van der Waals surface area contributed by atoms with E-state index in [4.69, 9.17) is 21.1 Å². The fraction of sp³-hybridized carbons (Fsp3) is 0.167. The topological polar surface area (TPSA) is 63.3 Å². The number of hydrogen-bond acceptors (Lipinski definition) is 3. The highest BCUT2D eigenvalue weighted by atomic mass is 35.5. The van der Waals surface area contributed by atoms with Crippen LogP contribution in [-0.2, 0) is 11.2 Å². The third-order valence-electron chi connectivity index (χ3n) is 2.22. The van der Waals surface area contributed by atoms with Crippen molar-refractivity contribution in [1.82, 2.24) is 4.98 Å². The third-order valence-corrected chi connectivity index (χ3v) is 2.45. The van der Waals surface area contributed by atoms with Gasteiger partial charge < -0.3 is 9.52 Å². The van der Waals surface area contributed by atoms with Gasteiger partial charge in [-0.05, 0) is 18.2 Å². The molecule has 0 bridgehead atoms. The highest BCUT2D eigenvalue weighted by Gasteiger charge is 2.08. The van der Waals surface area contributed by atoms with E-state index in [9.17, 15) is 4.79 Å². The van der Waals surface area contributed by atoms with Gasteiger partial charge in [-0.1, -0.05) is 17.7 Å². The number of rotatable bonds is 4. The molecule has 0 spiro atoms. The average molecular weight is 252 g/mol. The van der Waals surface area contributed by atoms with Crippen molar-refractivity contribution in [3.63, 3.8) is 0 Å². The van der Waals surface area contributed by atoms with E-state index in [-0.39, 0.29) is 6.42 Å². The molecule has 0 aliphatic rings. The van der Waals surface area contributed by atoms with Crippen molar-refractivity contribution in [1.29, 1.82) is 0 Å². The summed E-state index contributed by atoms with van der Waals surface area (Å²) in [5.74, 6) is -0.398. The van der Waals surface area contributed by atoms with Crippen molar-refractivity contribution in [2.24, 2.45) is 0 Å². The highest BCUT2D eigenvalue weighted by Crippen LogP contribution is 2.22. The van der Waals surface area contributed by atoms with Gasteiger partial charge in [0.2, 0.25) is 5.89 Å². The molecular formula is C12H10ClNO3. The number of nitrogens with zero attached hydrogens (tertiary/aromatic N) is 1. The fourth-order valence-electron chi connectivity index (χ4n) is 1.41. The molecule has 0 unspecified atom stereocenters. The molecule has 0 aliphatic carbocycles. The number of hydrogen-bond donors (Lipinski definition) is 1. The standard InChI is InChI=1S/C12H10ClNO3/c13-9-3-1-2-8(6-9)12-14-10(7-17-12)4-5-11(15)16/h1-3,6-7H,4-5H2,(H,15,16). The first-order chi connectivity index (χ1) is 8.15. The summed E-state index contributed by atoms with van der Waals surface area (Å²) in [6.45, 7) is 0. The van der Waals surface area contributed by atoms with Crippen molar-refractivity contribution in [3.8, 4) is 11.5 Å². The van der Waals surface area contributed by atoms with Gasteiger partial charge in [0.15, 0.2) is 0 Å². The molecule has 0 amide bonds. The number of carbonyl (C=O) groups is 1. The molecule has 1 N–H and O–H groups in total. The zero-order valence-electron chi connectivity index (χ0n) is 8.89. The van der Waals surface area contributed by atoms with Crippen LogP contribution in [0.3, 0.4) is 0 Å². The molecule has 1 aromatic heterocycles. The van der Waals surface area contributed by atoms with E-state index in [1.807, 2.05) is 6.07 Å². The van der Waals surface area contributed by atoms with Crippen LogP contribution in [0.5, 0.6) is 0 Å². The van der Waals surface area contributed by atoms with Gasteiger partial charge in [0.1, 0.15) is 6.26 Å². The smallest absolute Gasteiger partial charge is 0.303 e. The zero-order valence-corrected chi connectivity index (χ0v) is 9.65. The first-order valence-electron chi connectivity index (χ1n) is 5.07. The number of benzene rings is 1. The van der Waals surface area contributed by atoms with Gasteiger partial charge in [-0.25, -0.2) is 4.98 Å². The fourth-order valence-corrected chi connectivity index (χ4v) is 1.60. The molecule has 0 saturated carbocycles. The minimum absolute atomic E-state index is 0.0432. The second-order valence-corrected chi connectivity index (χ2v) is 3.98. The third kappa shape index (κ3) is 3.07. The maximum absolute atomic E-state index is 10.4. The summed E-state index contributed by atoms with van der Waals surface area (Å²) in [6, 6.07) is 7.14. The van der Waals surface area contributed by atoms with E-state index >= 15 is 0 Å². The SMILES string of the molecule is O=C(O)CCc1coc(-c2cccc(Cl)c2)n1. The van der Waals surface area contributed by atoms with E-state index < -0.39 is 5.97 Å². The Morgan fingerprint density at radius 2 is 2.29 bits per heavy atom. The lowest BCUT2D eigenvalue weighted by atomic mass is 10.2. The van der Waals surface area contributed by atoms with Crippen LogP contribution in [0.25, 0.3) is 11.5 Å². The van der Waals surface area contributed by atoms with E-state index in [0.29, 0.717) is 23.0 Å². The van der Waals surface area contributed by atoms with Crippen molar-refractivity contribution in [3.05, 3.63) is 41.2 Å². The second-order valence-electron chi connectivity index (χ2n) is 3.55. The highest BCUT2D eigenvalue weighted by molar-refractivity contribution is 6.30.